The van der Waals surface area contributed by atoms with E-state index in [-0.39, 0.29) is 43.2 Å². The second kappa shape index (κ2) is 12.7. The maximum atomic E-state index is 13.5. The number of carbonyl (C=O) groups is 1. The average Bonchev–Trinajstić information content (AvgIpc) is 2.69. The van der Waals surface area contributed by atoms with Gasteiger partial charge in [-0.2, -0.15) is 13.2 Å². The number of hydrogen-bond donors (Lipinski definition) is 2. The molecule has 2 fully saturated rings. The van der Waals surface area contributed by atoms with Gasteiger partial charge in [-0.05, 0) is 24.9 Å². The number of amides is 1. The minimum Gasteiger partial charge on any atom is -0.354 e. The predicted octanol–water partition coefficient (Wildman–Crippen LogP) is 2.69. The third kappa shape index (κ3) is 7.89. The van der Waals surface area contributed by atoms with Crippen molar-refractivity contribution in [1.29, 1.82) is 0 Å². The molecule has 10 heteroatoms. The van der Waals surface area contributed by atoms with Gasteiger partial charge in [-0.1, -0.05) is 30.3 Å². The highest BCUT2D eigenvalue weighted by Crippen LogP contribution is 2.25. The average molecular weight is 471 g/mol. The smallest absolute Gasteiger partial charge is 0.354 e. The van der Waals surface area contributed by atoms with Gasteiger partial charge in [-0.3, -0.25) is 14.6 Å². The molecule has 0 bridgehead atoms. The molecule has 0 aromatic heterocycles. The van der Waals surface area contributed by atoms with Gasteiger partial charge in [0.1, 0.15) is 6.04 Å². The first-order valence-electron chi connectivity index (χ1n) is 9.99. The van der Waals surface area contributed by atoms with Crippen LogP contribution in [0.1, 0.15) is 18.4 Å². The van der Waals surface area contributed by atoms with Crippen LogP contribution < -0.4 is 10.6 Å². The van der Waals surface area contributed by atoms with Crippen LogP contribution >= 0.6 is 24.8 Å². The molecule has 0 saturated carbocycles. The van der Waals surface area contributed by atoms with Crippen LogP contribution in [-0.2, 0) is 11.3 Å². The lowest BCUT2D eigenvalue weighted by atomic mass is 9.96. The lowest BCUT2D eigenvalue weighted by Crippen LogP contribution is -2.58. The zero-order valence-electron chi connectivity index (χ0n) is 16.9. The molecule has 1 amide bonds. The Balaban J connectivity index is 0.00000225. The number of piperidine rings is 1. The number of carbonyl (C=O) groups excluding carboxylic acids is 1. The van der Waals surface area contributed by atoms with Gasteiger partial charge in [-0.15, -0.1) is 24.8 Å². The zero-order chi connectivity index (χ0) is 20.0. The van der Waals surface area contributed by atoms with E-state index < -0.39 is 12.2 Å². The van der Waals surface area contributed by atoms with E-state index in [2.05, 4.69) is 15.5 Å². The van der Waals surface area contributed by atoms with E-state index in [1.807, 2.05) is 30.3 Å². The number of halogens is 5. The highest BCUT2D eigenvalue weighted by atomic mass is 35.5. The van der Waals surface area contributed by atoms with Gasteiger partial charge in [0, 0.05) is 45.8 Å². The van der Waals surface area contributed by atoms with Crippen LogP contribution in [0.4, 0.5) is 13.2 Å². The standard InChI is InChI=1S/C20H29F3N4O.2ClH/c21-20(22,23)18(27-11-8-24-9-12-27)13-25-19(28)17-7-4-10-26(15-17)14-16-5-2-1-3-6-16;;/h1-3,5-6,17-18,24H,4,7-15H2,(H,25,28);2*1H. The quantitative estimate of drug-likeness (QED) is 0.670. The van der Waals surface area contributed by atoms with Gasteiger partial charge in [-0.25, -0.2) is 0 Å². The SMILES string of the molecule is Cl.Cl.O=C(NCC(N1CCNCC1)C(F)(F)F)C1CCCN(Cc2ccccc2)C1. The number of piperazine rings is 1. The Hall–Kier alpha value is -1.06. The first-order valence-corrected chi connectivity index (χ1v) is 9.99. The summed E-state index contributed by atoms with van der Waals surface area (Å²) in [5.74, 6) is -0.517. The first kappa shape index (κ1) is 27.0. The topological polar surface area (TPSA) is 47.6 Å². The Morgan fingerprint density at radius 3 is 2.43 bits per heavy atom. The maximum absolute atomic E-state index is 13.5. The van der Waals surface area contributed by atoms with Gasteiger partial charge >= 0.3 is 6.18 Å². The number of hydrogen-bond acceptors (Lipinski definition) is 4. The molecule has 0 spiro atoms. The summed E-state index contributed by atoms with van der Waals surface area (Å²) in [7, 11) is 0. The lowest BCUT2D eigenvalue weighted by Gasteiger charge is -2.36. The van der Waals surface area contributed by atoms with Crippen molar-refractivity contribution < 1.29 is 18.0 Å². The minimum atomic E-state index is -4.35. The van der Waals surface area contributed by atoms with Crippen LogP contribution in [0.25, 0.3) is 0 Å². The lowest BCUT2D eigenvalue weighted by molar-refractivity contribution is -0.184. The molecule has 2 heterocycles. The molecular formula is C20H31Cl2F3N4O. The van der Waals surface area contributed by atoms with Crippen molar-refractivity contribution in [1.82, 2.24) is 20.4 Å². The fraction of sp³-hybridized carbons (Fsp3) is 0.650. The molecule has 2 atom stereocenters. The molecule has 0 radical (unpaired) electrons. The number of alkyl halides is 3. The van der Waals surface area contributed by atoms with Crippen LogP contribution in [0, 0.1) is 5.92 Å². The summed E-state index contributed by atoms with van der Waals surface area (Å²) in [6.07, 6.45) is -2.75. The zero-order valence-corrected chi connectivity index (χ0v) is 18.5. The molecular weight excluding hydrogens is 440 g/mol. The van der Waals surface area contributed by atoms with Crippen molar-refractivity contribution in [2.45, 2.75) is 31.6 Å². The van der Waals surface area contributed by atoms with Gasteiger partial charge < -0.3 is 10.6 Å². The highest BCUT2D eigenvalue weighted by Gasteiger charge is 2.44. The largest absolute Gasteiger partial charge is 0.405 e. The van der Waals surface area contributed by atoms with Gasteiger partial charge in [0.15, 0.2) is 0 Å². The third-order valence-corrected chi connectivity index (χ3v) is 5.57. The Kier molecular flexibility index (Phi) is 11.4. The van der Waals surface area contributed by atoms with E-state index in [0.29, 0.717) is 32.7 Å². The predicted molar refractivity (Wildman–Crippen MR) is 116 cm³/mol. The summed E-state index contributed by atoms with van der Waals surface area (Å²) in [5, 5.41) is 5.65. The van der Waals surface area contributed by atoms with Crippen molar-refractivity contribution in [2.24, 2.45) is 5.92 Å². The number of likely N-dealkylation sites (tertiary alicyclic amines) is 1. The second-order valence-corrected chi connectivity index (χ2v) is 7.65. The summed E-state index contributed by atoms with van der Waals surface area (Å²) in [5.41, 5.74) is 1.18. The summed E-state index contributed by atoms with van der Waals surface area (Å²) in [4.78, 5) is 16.2. The van der Waals surface area contributed by atoms with Gasteiger partial charge in [0.25, 0.3) is 0 Å². The molecule has 172 valence electrons. The molecule has 0 aliphatic carbocycles. The molecule has 2 unspecified atom stereocenters. The number of nitrogens with zero attached hydrogens (tertiary/aromatic N) is 2. The molecule has 5 nitrogen and oxygen atoms in total. The van der Waals surface area contributed by atoms with E-state index >= 15 is 0 Å². The molecule has 2 saturated heterocycles. The molecule has 2 aliphatic rings. The van der Waals surface area contributed by atoms with E-state index in [9.17, 15) is 18.0 Å². The van der Waals surface area contributed by atoms with Crippen molar-refractivity contribution in [3.05, 3.63) is 35.9 Å². The number of rotatable bonds is 6. The number of benzene rings is 1. The Morgan fingerprint density at radius 2 is 1.80 bits per heavy atom. The monoisotopic (exact) mass is 470 g/mol. The Labute approximate surface area is 188 Å². The van der Waals surface area contributed by atoms with E-state index in [1.165, 1.54) is 10.5 Å². The van der Waals surface area contributed by atoms with E-state index in [0.717, 1.165) is 25.9 Å². The molecule has 1 aromatic carbocycles. The van der Waals surface area contributed by atoms with Gasteiger partial charge in [0.2, 0.25) is 5.91 Å². The second-order valence-electron chi connectivity index (χ2n) is 7.65. The van der Waals surface area contributed by atoms with Crippen LogP contribution in [0.3, 0.4) is 0 Å². The van der Waals surface area contributed by atoms with Crippen molar-refractivity contribution >= 4 is 30.7 Å². The molecule has 2 N–H and O–H groups in total. The summed E-state index contributed by atoms with van der Waals surface area (Å²) in [6.45, 7) is 3.64. The molecule has 1 aromatic rings. The van der Waals surface area contributed by atoms with Crippen LogP contribution in [0.2, 0.25) is 0 Å². The fourth-order valence-corrected chi connectivity index (χ4v) is 4.04. The maximum Gasteiger partial charge on any atom is 0.405 e. The summed E-state index contributed by atoms with van der Waals surface area (Å²) >= 11 is 0. The number of nitrogens with one attached hydrogen (secondary N) is 2. The molecule has 3 rings (SSSR count). The summed E-state index contributed by atoms with van der Waals surface area (Å²) < 4.78 is 40.4. The highest BCUT2D eigenvalue weighted by molar-refractivity contribution is 5.85. The van der Waals surface area contributed by atoms with E-state index in [4.69, 9.17) is 0 Å². The molecule has 30 heavy (non-hydrogen) atoms. The van der Waals surface area contributed by atoms with Crippen molar-refractivity contribution in [2.75, 3.05) is 45.8 Å². The van der Waals surface area contributed by atoms with Gasteiger partial charge in [0.05, 0.1) is 5.92 Å². The van der Waals surface area contributed by atoms with Crippen LogP contribution in [-0.4, -0.2) is 73.7 Å². The van der Waals surface area contributed by atoms with Crippen LogP contribution in [0.5, 0.6) is 0 Å². The Bertz CT molecular complexity index is 630. The van der Waals surface area contributed by atoms with Crippen molar-refractivity contribution in [3.63, 3.8) is 0 Å². The normalized spacial score (nSPS) is 21.8. The minimum absolute atomic E-state index is 0. The Morgan fingerprint density at radius 1 is 1.13 bits per heavy atom. The fourth-order valence-electron chi connectivity index (χ4n) is 4.04. The summed E-state index contributed by atoms with van der Waals surface area (Å²) in [6, 6.07) is 8.40. The first-order chi connectivity index (χ1) is 13.4. The van der Waals surface area contributed by atoms with E-state index in [1.54, 1.807) is 0 Å². The van der Waals surface area contributed by atoms with Crippen molar-refractivity contribution in [3.8, 4) is 0 Å². The third-order valence-electron chi connectivity index (χ3n) is 5.57. The van der Waals surface area contributed by atoms with Crippen LogP contribution in [0.15, 0.2) is 30.3 Å². The molecule has 2 aliphatic heterocycles.